The molecule has 2 heterocycles. The van der Waals surface area contributed by atoms with Crippen molar-refractivity contribution in [3.05, 3.63) is 66.9 Å². The van der Waals surface area contributed by atoms with E-state index in [2.05, 4.69) is 11.1 Å². The Hall–Kier alpha value is -2.88. The third kappa shape index (κ3) is 4.64. The van der Waals surface area contributed by atoms with Crippen molar-refractivity contribution in [1.29, 1.82) is 0 Å². The first-order valence-corrected chi connectivity index (χ1v) is 8.93. The van der Waals surface area contributed by atoms with Gasteiger partial charge in [-0.2, -0.15) is 0 Å². The second-order valence-electron chi connectivity index (χ2n) is 5.38. The number of ether oxygens (including phenoxy) is 1. The molecule has 8 nitrogen and oxygen atoms in total. The van der Waals surface area contributed by atoms with E-state index >= 15 is 0 Å². The molecule has 0 N–H and O–H groups in total. The van der Waals surface area contributed by atoms with Crippen LogP contribution >= 0.6 is 0 Å². The summed E-state index contributed by atoms with van der Waals surface area (Å²) in [5, 5.41) is 6.88. The Morgan fingerprint density at radius 1 is 0.889 bits per heavy atom. The van der Waals surface area contributed by atoms with Crippen LogP contribution in [0.2, 0.25) is 0 Å². The van der Waals surface area contributed by atoms with Crippen molar-refractivity contribution in [2.75, 3.05) is 7.11 Å². The van der Waals surface area contributed by atoms with Crippen LogP contribution in [-0.4, -0.2) is 17.2 Å². The Balaban J connectivity index is 0.000000376. The molecule has 2 aromatic heterocycles. The number of aromatic nitrogens is 3. The molecule has 138 valence electrons. The number of fused-ring (bicyclic) bond motifs is 3. The van der Waals surface area contributed by atoms with Crippen LogP contribution in [0.25, 0.3) is 27.7 Å². The van der Waals surface area contributed by atoms with Crippen LogP contribution in [0.15, 0.2) is 66.9 Å². The van der Waals surface area contributed by atoms with Crippen molar-refractivity contribution in [1.82, 2.24) is 10.1 Å². The molecule has 0 aliphatic carbocycles. The standard InChI is InChI=1S/C18H14N3O.ClHO4/c1-22-18-16(14-8-3-2-4-9-14)20-21-12-11-13-7-5-6-10-15(13)17(21)19-18;2-1(3,4)5/h2-12H,1H3;(H,2,3,4,5)/q+1;/p-1. The fourth-order valence-electron chi connectivity index (χ4n) is 2.60. The lowest BCUT2D eigenvalue weighted by atomic mass is 10.1. The van der Waals surface area contributed by atoms with Gasteiger partial charge in [-0.15, -0.1) is 14.8 Å². The zero-order valence-corrected chi connectivity index (χ0v) is 14.9. The van der Waals surface area contributed by atoms with Gasteiger partial charge in [0.2, 0.25) is 5.69 Å². The summed E-state index contributed by atoms with van der Waals surface area (Å²) in [5.74, 6) is 0.530. The third-order valence-corrected chi connectivity index (χ3v) is 3.67. The summed E-state index contributed by atoms with van der Waals surface area (Å²) < 4.78 is 41.2. The van der Waals surface area contributed by atoms with Crippen LogP contribution < -0.4 is 27.9 Å². The van der Waals surface area contributed by atoms with Crippen molar-refractivity contribution in [2.24, 2.45) is 0 Å². The lowest BCUT2D eigenvalue weighted by molar-refractivity contribution is -2.00. The van der Waals surface area contributed by atoms with E-state index in [4.69, 9.17) is 28.5 Å². The van der Waals surface area contributed by atoms with E-state index < -0.39 is 10.2 Å². The molecule has 0 saturated heterocycles. The second kappa shape index (κ2) is 7.78. The Labute approximate surface area is 156 Å². The summed E-state index contributed by atoms with van der Waals surface area (Å²) in [6.07, 6.45) is 1.93. The van der Waals surface area contributed by atoms with Gasteiger partial charge in [0, 0.05) is 10.5 Å². The SMILES string of the molecule is COc1nc2c3ccccc3cc[n+]2nc1-c1ccccc1.[O-][Cl+3]([O-])([O-])[O-]. The number of halogens is 1. The number of hydrogen-bond acceptors (Lipinski definition) is 7. The fourth-order valence-corrected chi connectivity index (χ4v) is 2.60. The van der Waals surface area contributed by atoms with Gasteiger partial charge in [-0.3, -0.25) is 0 Å². The monoisotopic (exact) mass is 387 g/mol. The first-order valence-electron chi connectivity index (χ1n) is 7.69. The number of hydrogen-bond donors (Lipinski definition) is 0. The van der Waals surface area contributed by atoms with Crippen LogP contribution in [0, 0.1) is 10.2 Å². The molecule has 9 heteroatoms. The molecule has 0 atom stereocenters. The van der Waals surface area contributed by atoms with E-state index in [1.165, 1.54) is 0 Å². The minimum atomic E-state index is -4.94. The predicted molar refractivity (Wildman–Crippen MR) is 84.7 cm³/mol. The fraction of sp³-hybridized carbons (Fsp3) is 0.0556. The molecule has 0 unspecified atom stereocenters. The highest BCUT2D eigenvalue weighted by molar-refractivity contribution is 5.91. The highest BCUT2D eigenvalue weighted by Gasteiger charge is 2.21. The molecule has 4 aromatic rings. The lowest BCUT2D eigenvalue weighted by Gasteiger charge is -2.17. The molecule has 0 amide bonds. The van der Waals surface area contributed by atoms with E-state index in [1.807, 2.05) is 60.8 Å². The average Bonchev–Trinajstić information content (AvgIpc) is 2.66. The molecule has 4 rings (SSSR count). The summed E-state index contributed by atoms with van der Waals surface area (Å²) >= 11 is 0. The van der Waals surface area contributed by atoms with E-state index in [0.29, 0.717) is 5.88 Å². The molecule has 0 aliphatic heterocycles. The van der Waals surface area contributed by atoms with E-state index in [-0.39, 0.29) is 0 Å². The quantitative estimate of drug-likeness (QED) is 0.295. The van der Waals surface area contributed by atoms with Crippen molar-refractivity contribution < 1.29 is 38.1 Å². The summed E-state index contributed by atoms with van der Waals surface area (Å²) in [6.45, 7) is 0. The minimum absolute atomic E-state index is 0.530. The number of benzene rings is 2. The molecular weight excluding hydrogens is 374 g/mol. The van der Waals surface area contributed by atoms with Gasteiger partial charge in [0.05, 0.1) is 12.5 Å². The molecule has 0 radical (unpaired) electrons. The Morgan fingerprint density at radius 2 is 1.52 bits per heavy atom. The van der Waals surface area contributed by atoms with E-state index in [1.54, 1.807) is 11.6 Å². The van der Waals surface area contributed by atoms with Crippen LogP contribution in [0.3, 0.4) is 0 Å². The molecule has 0 spiro atoms. The van der Waals surface area contributed by atoms with Gasteiger partial charge in [-0.05, 0) is 17.5 Å². The van der Waals surface area contributed by atoms with Crippen molar-refractivity contribution in [3.63, 3.8) is 0 Å². The number of rotatable bonds is 2. The molecule has 27 heavy (non-hydrogen) atoms. The van der Waals surface area contributed by atoms with Crippen LogP contribution in [0.4, 0.5) is 0 Å². The largest absolute Gasteiger partial charge is 0.461 e. The average molecular weight is 388 g/mol. The van der Waals surface area contributed by atoms with Crippen LogP contribution in [0.1, 0.15) is 0 Å². The Morgan fingerprint density at radius 3 is 2.19 bits per heavy atom. The smallest absolute Gasteiger partial charge is 0.360 e. The third-order valence-electron chi connectivity index (χ3n) is 3.67. The molecule has 0 bridgehead atoms. The second-order valence-corrected chi connectivity index (χ2v) is 6.14. The van der Waals surface area contributed by atoms with Gasteiger partial charge in [0.15, 0.2) is 0 Å². The zero-order valence-electron chi connectivity index (χ0n) is 14.1. The lowest BCUT2D eigenvalue weighted by Crippen LogP contribution is -2.68. The summed E-state index contributed by atoms with van der Waals surface area (Å²) in [6, 6.07) is 20.1. The molecule has 0 fully saturated rings. The van der Waals surface area contributed by atoms with Gasteiger partial charge in [-0.25, -0.2) is 18.6 Å². The van der Waals surface area contributed by atoms with Crippen LogP contribution in [-0.2, 0) is 0 Å². The van der Waals surface area contributed by atoms with Gasteiger partial charge in [-0.1, -0.05) is 53.6 Å². The van der Waals surface area contributed by atoms with Gasteiger partial charge in [0.25, 0.3) is 0 Å². The van der Waals surface area contributed by atoms with Crippen LogP contribution in [0.5, 0.6) is 5.88 Å². The number of nitrogens with zero attached hydrogens (tertiary/aromatic N) is 3. The van der Waals surface area contributed by atoms with Crippen molar-refractivity contribution in [3.8, 4) is 17.1 Å². The molecular formula is C18H14ClN3O5. The summed E-state index contributed by atoms with van der Waals surface area (Å²) in [7, 11) is -3.32. The van der Waals surface area contributed by atoms with Gasteiger partial charge >= 0.3 is 11.5 Å². The summed E-state index contributed by atoms with van der Waals surface area (Å²) in [5.41, 5.74) is 2.50. The highest BCUT2D eigenvalue weighted by atomic mass is 35.7. The maximum atomic E-state index is 8.49. The summed E-state index contributed by atoms with van der Waals surface area (Å²) in [4.78, 5) is 4.68. The molecule has 2 aromatic carbocycles. The first kappa shape index (κ1) is 18.9. The predicted octanol–water partition coefficient (Wildman–Crippen LogP) is -1.71. The first-order chi connectivity index (χ1) is 12.9. The molecule has 0 aliphatic rings. The Bertz CT molecular complexity index is 1060. The van der Waals surface area contributed by atoms with E-state index in [0.717, 1.165) is 27.7 Å². The number of pyridine rings is 1. The number of methoxy groups -OCH3 is 1. The topological polar surface area (TPSA) is 131 Å². The minimum Gasteiger partial charge on any atom is -0.461 e. The van der Waals surface area contributed by atoms with E-state index in [9.17, 15) is 0 Å². The normalized spacial score (nSPS) is 11.1. The Kier molecular flexibility index (Phi) is 5.45. The molecule has 0 saturated carbocycles. The van der Waals surface area contributed by atoms with Gasteiger partial charge < -0.3 is 4.74 Å². The maximum absolute atomic E-state index is 8.49. The van der Waals surface area contributed by atoms with Crippen molar-refractivity contribution >= 4 is 16.4 Å². The maximum Gasteiger partial charge on any atom is 0.360 e. The highest BCUT2D eigenvalue weighted by Crippen LogP contribution is 2.26. The van der Waals surface area contributed by atoms with Crippen molar-refractivity contribution in [2.45, 2.75) is 0 Å². The zero-order chi connectivity index (χ0) is 19.4. The van der Waals surface area contributed by atoms with Gasteiger partial charge in [0.1, 0.15) is 6.20 Å².